The van der Waals surface area contributed by atoms with E-state index in [1.807, 2.05) is 0 Å². The molecule has 0 radical (unpaired) electrons. The first-order valence-electron chi connectivity index (χ1n) is 1.55. The fraction of sp³-hybridized carbons (Fsp3) is 0. The summed E-state index contributed by atoms with van der Waals surface area (Å²) in [6.45, 7) is 0. The molecule has 0 rings (SSSR count). The molecule has 0 bridgehead atoms. The molecule has 0 aromatic heterocycles. The van der Waals surface area contributed by atoms with Gasteiger partial charge in [0.15, 0.2) is 0 Å². The third-order valence-corrected chi connectivity index (χ3v) is 0. The van der Waals surface area contributed by atoms with Gasteiger partial charge in [-0.25, -0.2) is 12.6 Å². The minimum absolute atomic E-state index is 0. The van der Waals surface area contributed by atoms with Gasteiger partial charge in [-0.05, 0) is 0 Å². The summed E-state index contributed by atoms with van der Waals surface area (Å²) in [5.74, 6) is 0. The van der Waals surface area contributed by atoms with Gasteiger partial charge in [0.1, 0.15) is 0 Å². The predicted octanol–water partition coefficient (Wildman–Crippen LogP) is -1.98. The standard InChI is InChI=1S/La.3H2O3S/c;3*1-4(2)3/h;3*(H2,1,2,3)/q+3;;;/p-3. The van der Waals surface area contributed by atoms with Gasteiger partial charge in [-0.2, -0.15) is 0 Å². The molecule has 0 aliphatic heterocycles. The summed E-state index contributed by atoms with van der Waals surface area (Å²) in [6.07, 6.45) is 0. The average Bonchev–Trinajstić information content (AvgIpc) is 1.54. The van der Waals surface area contributed by atoms with Crippen molar-refractivity contribution in [3.63, 3.8) is 0 Å². The Morgan fingerprint density at radius 3 is 0.692 bits per heavy atom. The molecule has 0 amide bonds. The van der Waals surface area contributed by atoms with Crippen LogP contribution in [0.3, 0.4) is 0 Å². The second kappa shape index (κ2) is 19.1. The molecule has 13 heavy (non-hydrogen) atoms. The van der Waals surface area contributed by atoms with Gasteiger partial charge in [0.05, 0.1) is 34.1 Å². The zero-order valence-corrected chi connectivity index (χ0v) is 11.7. The maximum atomic E-state index is 8.56. The van der Waals surface area contributed by atoms with Crippen molar-refractivity contribution >= 4 is 34.1 Å². The Bertz CT molecular complexity index is 112. The summed E-state index contributed by atoms with van der Waals surface area (Å²) in [6, 6.07) is 0. The summed E-state index contributed by atoms with van der Waals surface area (Å²) in [7, 11) is 0. The van der Waals surface area contributed by atoms with Crippen molar-refractivity contribution in [1.82, 2.24) is 0 Å². The van der Waals surface area contributed by atoms with Crippen LogP contribution in [0.1, 0.15) is 0 Å². The summed E-state index contributed by atoms with van der Waals surface area (Å²) >= 11 is -8.58. The topological polar surface area (TPSA) is 181 Å². The van der Waals surface area contributed by atoms with Crippen LogP contribution in [0, 0.1) is 35.6 Å². The van der Waals surface area contributed by atoms with E-state index in [0.717, 1.165) is 0 Å². The van der Waals surface area contributed by atoms with Crippen LogP contribution >= 0.6 is 0 Å². The summed E-state index contributed by atoms with van der Waals surface area (Å²) in [5, 5.41) is 0. The first-order valence-corrected chi connectivity index (χ1v) is 4.64. The summed E-state index contributed by atoms with van der Waals surface area (Å²) in [5.41, 5.74) is 0. The van der Waals surface area contributed by atoms with E-state index >= 15 is 0 Å². The summed E-state index contributed by atoms with van der Waals surface area (Å²) in [4.78, 5) is 0. The first-order chi connectivity index (χ1) is 5.20. The van der Waals surface area contributed by atoms with Crippen LogP contribution in [0.15, 0.2) is 0 Å². The molecule has 0 heterocycles. The van der Waals surface area contributed by atoms with Crippen molar-refractivity contribution < 1.29 is 75.5 Å². The fourth-order valence-corrected chi connectivity index (χ4v) is 0. The van der Waals surface area contributed by atoms with Gasteiger partial charge in [0.25, 0.3) is 0 Å². The van der Waals surface area contributed by atoms with Crippen molar-refractivity contribution in [3.05, 3.63) is 0 Å². The Morgan fingerprint density at radius 2 is 0.692 bits per heavy atom. The van der Waals surface area contributed by atoms with Crippen molar-refractivity contribution in [1.29, 1.82) is 0 Å². The molecule has 0 saturated heterocycles. The average molecular weight is 382 g/mol. The second-order valence-electron chi connectivity index (χ2n) is 0.651. The minimum Gasteiger partial charge on any atom is -0.750 e. The molecule has 0 saturated carbocycles. The van der Waals surface area contributed by atoms with Gasteiger partial charge in [0.2, 0.25) is 0 Å². The van der Waals surface area contributed by atoms with Crippen molar-refractivity contribution in [2.24, 2.45) is 0 Å². The molecule has 9 nitrogen and oxygen atoms in total. The molecule has 3 atom stereocenters. The van der Waals surface area contributed by atoms with Crippen LogP contribution in [0.5, 0.6) is 0 Å². The Morgan fingerprint density at radius 1 is 0.692 bits per heavy atom. The van der Waals surface area contributed by atoms with Gasteiger partial charge in [-0.15, -0.1) is 0 Å². The normalized spacial score (nSPS) is 14.3. The SMILES string of the molecule is O=S([O-])O.O=S([O-])O.O=S([O-])O.[La+3]. The molecule has 0 aromatic rings. The van der Waals surface area contributed by atoms with E-state index in [2.05, 4.69) is 0 Å². The number of rotatable bonds is 0. The van der Waals surface area contributed by atoms with Crippen molar-refractivity contribution in [3.8, 4) is 0 Å². The largest absolute Gasteiger partial charge is 3.00 e. The molecule has 3 N–H and O–H groups in total. The van der Waals surface area contributed by atoms with Crippen LogP contribution in [0.4, 0.5) is 0 Å². The van der Waals surface area contributed by atoms with E-state index in [0.29, 0.717) is 0 Å². The summed E-state index contributed by atoms with van der Waals surface area (Å²) < 4.78 is 72.2. The third kappa shape index (κ3) is 883. The molecule has 0 aliphatic rings. The van der Waals surface area contributed by atoms with E-state index in [1.54, 1.807) is 0 Å². The van der Waals surface area contributed by atoms with Crippen LogP contribution in [0.2, 0.25) is 0 Å². The van der Waals surface area contributed by atoms with Gasteiger partial charge >= 0.3 is 35.6 Å². The Hall–Kier alpha value is 1.40. The molecule has 13 heteroatoms. The monoisotopic (exact) mass is 382 g/mol. The molecule has 3 unspecified atom stereocenters. The third-order valence-electron chi connectivity index (χ3n) is 0. The molecule has 0 aromatic carbocycles. The van der Waals surface area contributed by atoms with Crippen LogP contribution < -0.4 is 0 Å². The van der Waals surface area contributed by atoms with E-state index < -0.39 is 34.1 Å². The smallest absolute Gasteiger partial charge is 0.750 e. The zero-order chi connectivity index (χ0) is 10.7. The van der Waals surface area contributed by atoms with Gasteiger partial charge in [-0.3, -0.25) is 0 Å². The number of hydrogen-bond acceptors (Lipinski definition) is 6. The Balaban J connectivity index is -0.0000000450. The Labute approximate surface area is 109 Å². The predicted molar refractivity (Wildman–Crippen MR) is 34.6 cm³/mol. The van der Waals surface area contributed by atoms with E-state index in [1.165, 1.54) is 0 Å². The van der Waals surface area contributed by atoms with E-state index in [9.17, 15) is 0 Å². The quantitative estimate of drug-likeness (QED) is 0.400. The van der Waals surface area contributed by atoms with Crippen LogP contribution in [0.25, 0.3) is 0 Å². The first kappa shape index (κ1) is 23.9. The van der Waals surface area contributed by atoms with Crippen molar-refractivity contribution in [2.75, 3.05) is 0 Å². The molecule has 78 valence electrons. The van der Waals surface area contributed by atoms with Gasteiger partial charge in [0, 0.05) is 0 Å². The van der Waals surface area contributed by atoms with Gasteiger partial charge in [-0.1, -0.05) is 0 Å². The van der Waals surface area contributed by atoms with Crippen molar-refractivity contribution in [2.45, 2.75) is 0 Å². The molecule has 0 spiro atoms. The van der Waals surface area contributed by atoms with Crippen LogP contribution in [-0.2, 0) is 34.1 Å². The second-order valence-corrected chi connectivity index (χ2v) is 1.95. The van der Waals surface area contributed by atoms with Crippen LogP contribution in [-0.4, -0.2) is 39.9 Å². The Kier molecular flexibility index (Phi) is 35.0. The molecule has 0 fully saturated rings. The maximum absolute atomic E-state index is 8.56. The minimum atomic E-state index is -2.86. The van der Waals surface area contributed by atoms with E-state index in [4.69, 9.17) is 39.9 Å². The molecular weight excluding hydrogens is 379 g/mol. The van der Waals surface area contributed by atoms with Gasteiger partial charge < -0.3 is 27.3 Å². The fourth-order valence-electron chi connectivity index (χ4n) is 0. The molecular formula is H3LaO9S3. The maximum Gasteiger partial charge on any atom is 3.00 e. The molecule has 0 aliphatic carbocycles. The zero-order valence-electron chi connectivity index (χ0n) is 5.59. The van der Waals surface area contributed by atoms with E-state index in [-0.39, 0.29) is 35.6 Å². The number of hydrogen-bond donors (Lipinski definition) is 3.